The maximum atomic E-state index is 12.5. The van der Waals surface area contributed by atoms with Crippen LogP contribution in [-0.2, 0) is 9.54 Å². The molecule has 4 heteroatoms. The summed E-state index contributed by atoms with van der Waals surface area (Å²) in [7, 11) is 0. The molecule has 1 aliphatic rings. The first-order chi connectivity index (χ1) is 10.2. The number of rotatable bonds is 2. The molecule has 21 heavy (non-hydrogen) atoms. The van der Waals surface area contributed by atoms with E-state index in [4.69, 9.17) is 12.6 Å². The first-order valence-electron chi connectivity index (χ1n) is 7.23. The third kappa shape index (κ3) is 2.49. The van der Waals surface area contributed by atoms with Crippen LogP contribution in [0.5, 0.6) is 0 Å². The molecule has 2 atom stereocenters. The van der Waals surface area contributed by atoms with Crippen molar-refractivity contribution in [2.45, 2.75) is 37.4 Å². The highest BCUT2D eigenvalue weighted by molar-refractivity contribution is 7.82. The van der Waals surface area contributed by atoms with Gasteiger partial charge in [0.05, 0.1) is 10.2 Å². The Bertz CT molecular complexity index is 707. The minimum Gasteiger partial charge on any atom is -0.298 e. The Balaban J connectivity index is 2.00. The monoisotopic (exact) mass is 315 g/mol. The highest BCUT2D eigenvalue weighted by atomic mass is 32.1. The number of hydrogen-bond donors (Lipinski definition) is 1. The van der Waals surface area contributed by atoms with Gasteiger partial charge in [0.15, 0.2) is 5.78 Å². The van der Waals surface area contributed by atoms with Crippen molar-refractivity contribution in [1.29, 1.82) is 0 Å². The van der Waals surface area contributed by atoms with E-state index >= 15 is 0 Å². The molecule has 0 aliphatic heterocycles. The Hall–Kier alpha value is -1.31. The van der Waals surface area contributed by atoms with Crippen molar-refractivity contribution in [2.24, 2.45) is 5.92 Å². The van der Waals surface area contributed by atoms with Gasteiger partial charge < -0.3 is 0 Å². The van der Waals surface area contributed by atoms with Gasteiger partial charge in [-0.2, -0.15) is 12.6 Å². The van der Waals surface area contributed by atoms with E-state index in [0.29, 0.717) is 6.42 Å². The minimum atomic E-state index is -0.758. The number of para-hydroxylation sites is 1. The van der Waals surface area contributed by atoms with Gasteiger partial charge in [0.1, 0.15) is 9.75 Å². The lowest BCUT2D eigenvalue weighted by Crippen LogP contribution is -2.31. The maximum absolute atomic E-state index is 12.5. The number of Topliss-reactive ketones (excluding diaryl/α,β-unsaturated/α-hetero) is 1. The Morgan fingerprint density at radius 3 is 3.00 bits per heavy atom. The van der Waals surface area contributed by atoms with Crippen LogP contribution >= 0.6 is 24.0 Å². The van der Waals surface area contributed by atoms with Gasteiger partial charge in [-0.15, -0.1) is 23.2 Å². The van der Waals surface area contributed by atoms with Crippen LogP contribution in [0, 0.1) is 17.8 Å². The van der Waals surface area contributed by atoms with Crippen LogP contribution in [0.25, 0.3) is 10.2 Å². The summed E-state index contributed by atoms with van der Waals surface area (Å²) in [6.45, 7) is 2.04. The second kappa shape index (κ2) is 5.82. The Morgan fingerprint density at radius 1 is 1.43 bits per heavy atom. The summed E-state index contributed by atoms with van der Waals surface area (Å²) in [6, 6.07) is 7.99. The first-order valence-corrected chi connectivity index (χ1v) is 8.50. The lowest BCUT2D eigenvalue weighted by atomic mass is 9.92. The summed E-state index contributed by atoms with van der Waals surface area (Å²) >= 11 is 6.39. The number of thiol groups is 1. The molecule has 0 radical (unpaired) electrons. The van der Waals surface area contributed by atoms with Gasteiger partial charge in [-0.05, 0) is 24.5 Å². The van der Waals surface area contributed by atoms with Crippen molar-refractivity contribution in [2.75, 3.05) is 0 Å². The molecular formula is C17H17NOS2. The third-order valence-corrected chi connectivity index (χ3v) is 6.16. The molecule has 1 heterocycles. The van der Waals surface area contributed by atoms with Crippen LogP contribution in [0.15, 0.2) is 24.3 Å². The number of thiazole rings is 1. The van der Waals surface area contributed by atoms with Gasteiger partial charge in [0, 0.05) is 19.3 Å². The lowest BCUT2D eigenvalue weighted by Gasteiger charge is -2.25. The van der Waals surface area contributed by atoms with E-state index < -0.39 is 4.75 Å². The van der Waals surface area contributed by atoms with E-state index in [0.717, 1.165) is 34.5 Å². The predicted molar refractivity (Wildman–Crippen MR) is 90.7 cm³/mol. The summed E-state index contributed by atoms with van der Waals surface area (Å²) in [5, 5.41) is 0.831. The molecule has 108 valence electrons. The van der Waals surface area contributed by atoms with E-state index in [2.05, 4.69) is 16.8 Å². The molecule has 0 amide bonds. The van der Waals surface area contributed by atoms with Crippen molar-refractivity contribution in [3.8, 4) is 11.8 Å². The van der Waals surface area contributed by atoms with E-state index in [1.807, 2.05) is 31.2 Å². The van der Waals surface area contributed by atoms with E-state index in [-0.39, 0.29) is 11.7 Å². The molecule has 0 spiro atoms. The topological polar surface area (TPSA) is 30.0 Å². The van der Waals surface area contributed by atoms with E-state index in [1.54, 1.807) is 11.3 Å². The molecule has 1 fully saturated rings. The third-order valence-electron chi connectivity index (χ3n) is 4.01. The van der Waals surface area contributed by atoms with E-state index in [9.17, 15) is 4.79 Å². The zero-order chi connectivity index (χ0) is 14.9. The van der Waals surface area contributed by atoms with Crippen molar-refractivity contribution in [3.63, 3.8) is 0 Å². The fraction of sp³-hybridized carbons (Fsp3) is 0.412. The lowest BCUT2D eigenvalue weighted by molar-refractivity contribution is -0.119. The Kier molecular flexibility index (Phi) is 4.05. The Labute approximate surface area is 134 Å². The molecule has 3 rings (SSSR count). The molecule has 0 bridgehead atoms. The average molecular weight is 315 g/mol. The first kappa shape index (κ1) is 14.6. The molecule has 2 aromatic rings. The number of carbonyl (C=O) groups is 1. The summed E-state index contributed by atoms with van der Waals surface area (Å²) in [6.07, 6.45) is 3.01. The summed E-state index contributed by atoms with van der Waals surface area (Å²) in [4.78, 5) is 17.1. The smallest absolute Gasteiger partial charge is 0.155 e. The predicted octanol–water partition coefficient (Wildman–Crippen LogP) is 4.20. The zero-order valence-corrected chi connectivity index (χ0v) is 13.6. The standard InChI is InChI=1S/C17H17NOS2/c1-2-3-4-7-12-10-11-15(19)17(12,20)16-18-13-8-5-6-9-14(13)21-16/h5-6,8-9,12,20H,2,7,10-11H2,1H3. The van der Waals surface area contributed by atoms with Crippen LogP contribution in [0.1, 0.15) is 37.6 Å². The number of aromatic nitrogens is 1. The number of ketones is 1. The molecule has 1 saturated carbocycles. The second-order valence-corrected chi connectivity index (χ2v) is 7.06. The normalized spacial score (nSPS) is 25.0. The van der Waals surface area contributed by atoms with Gasteiger partial charge >= 0.3 is 0 Å². The summed E-state index contributed by atoms with van der Waals surface area (Å²) in [5.41, 5.74) is 0.948. The summed E-state index contributed by atoms with van der Waals surface area (Å²) < 4.78 is 0.352. The van der Waals surface area contributed by atoms with Gasteiger partial charge in [0.2, 0.25) is 0 Å². The van der Waals surface area contributed by atoms with Crippen molar-refractivity contribution < 1.29 is 4.79 Å². The number of benzene rings is 1. The van der Waals surface area contributed by atoms with Gasteiger partial charge in [0.25, 0.3) is 0 Å². The SMILES string of the molecule is CCC#CCC1CCC(=O)C1(S)c1nc2ccccc2s1. The van der Waals surface area contributed by atoms with Crippen LogP contribution in [0.3, 0.4) is 0 Å². The molecule has 0 saturated heterocycles. The average Bonchev–Trinajstić information content (AvgIpc) is 3.04. The molecule has 2 nitrogen and oxygen atoms in total. The van der Waals surface area contributed by atoms with Crippen molar-refractivity contribution in [1.82, 2.24) is 4.98 Å². The zero-order valence-electron chi connectivity index (χ0n) is 11.9. The summed E-state index contributed by atoms with van der Waals surface area (Å²) in [5.74, 6) is 6.62. The van der Waals surface area contributed by atoms with Crippen LogP contribution < -0.4 is 0 Å². The van der Waals surface area contributed by atoms with Crippen molar-refractivity contribution >= 4 is 40.0 Å². The molecule has 1 aromatic carbocycles. The highest BCUT2D eigenvalue weighted by Gasteiger charge is 2.50. The second-order valence-electron chi connectivity index (χ2n) is 5.32. The fourth-order valence-electron chi connectivity index (χ4n) is 2.83. The van der Waals surface area contributed by atoms with Gasteiger partial charge in [-0.3, -0.25) is 4.79 Å². The quantitative estimate of drug-likeness (QED) is 0.665. The maximum Gasteiger partial charge on any atom is 0.155 e. The van der Waals surface area contributed by atoms with Crippen LogP contribution in [0.2, 0.25) is 0 Å². The van der Waals surface area contributed by atoms with Crippen LogP contribution in [-0.4, -0.2) is 10.8 Å². The molecular weight excluding hydrogens is 298 g/mol. The van der Waals surface area contributed by atoms with Gasteiger partial charge in [-0.25, -0.2) is 4.98 Å². The fourth-order valence-corrected chi connectivity index (χ4v) is 4.50. The number of fused-ring (bicyclic) bond motifs is 1. The highest BCUT2D eigenvalue weighted by Crippen LogP contribution is 2.49. The number of carbonyl (C=O) groups excluding carboxylic acids is 1. The van der Waals surface area contributed by atoms with E-state index in [1.165, 1.54) is 0 Å². The largest absolute Gasteiger partial charge is 0.298 e. The number of nitrogens with zero attached hydrogens (tertiary/aromatic N) is 1. The molecule has 1 aliphatic carbocycles. The van der Waals surface area contributed by atoms with Crippen molar-refractivity contribution in [3.05, 3.63) is 29.3 Å². The molecule has 1 aromatic heterocycles. The van der Waals surface area contributed by atoms with Gasteiger partial charge in [-0.1, -0.05) is 19.1 Å². The van der Waals surface area contributed by atoms with Crippen LogP contribution in [0.4, 0.5) is 0 Å². The minimum absolute atomic E-state index is 0.160. The number of hydrogen-bond acceptors (Lipinski definition) is 4. The Morgan fingerprint density at radius 2 is 2.24 bits per heavy atom. The molecule has 2 unspecified atom stereocenters. The molecule has 0 N–H and O–H groups in total.